The van der Waals surface area contributed by atoms with E-state index in [0.29, 0.717) is 16.7 Å². The minimum Gasteiger partial charge on any atom is -0.497 e. The summed E-state index contributed by atoms with van der Waals surface area (Å²) >= 11 is 0. The van der Waals surface area contributed by atoms with Crippen molar-refractivity contribution in [2.45, 2.75) is 52.9 Å². The van der Waals surface area contributed by atoms with Gasteiger partial charge in [0.15, 0.2) is 0 Å². The van der Waals surface area contributed by atoms with E-state index in [0.717, 1.165) is 5.75 Å². The third-order valence-corrected chi connectivity index (χ3v) is 4.14. The topological polar surface area (TPSA) is 9.23 Å². The predicted molar refractivity (Wildman–Crippen MR) is 77.1 cm³/mol. The molecule has 1 aliphatic carbocycles. The van der Waals surface area contributed by atoms with Crippen LogP contribution in [-0.4, -0.2) is 7.11 Å². The molecule has 0 aliphatic heterocycles. The molecule has 0 heterocycles. The second kappa shape index (κ2) is 4.60. The zero-order chi connectivity index (χ0) is 13.4. The Bertz CT molecular complexity index is 384. The smallest absolute Gasteiger partial charge is 0.118 e. The molecule has 0 N–H and O–H groups in total. The largest absolute Gasteiger partial charge is 0.497 e. The van der Waals surface area contributed by atoms with Crippen molar-refractivity contribution < 1.29 is 4.74 Å². The molecule has 1 nitrogen and oxygen atoms in total. The van der Waals surface area contributed by atoms with Crippen molar-refractivity contribution in [3.05, 3.63) is 29.8 Å². The fraction of sp³-hybridized carbons (Fsp3) is 0.647. The van der Waals surface area contributed by atoms with Gasteiger partial charge in [-0.3, -0.25) is 0 Å². The van der Waals surface area contributed by atoms with Crippen molar-refractivity contribution in [2.24, 2.45) is 10.8 Å². The first-order valence-electron chi connectivity index (χ1n) is 6.95. The zero-order valence-corrected chi connectivity index (χ0v) is 12.4. The summed E-state index contributed by atoms with van der Waals surface area (Å²) in [6, 6.07) is 8.65. The van der Waals surface area contributed by atoms with E-state index in [-0.39, 0.29) is 0 Å². The van der Waals surface area contributed by atoms with Gasteiger partial charge in [-0.05, 0) is 53.7 Å². The van der Waals surface area contributed by atoms with E-state index in [1.165, 1.54) is 24.8 Å². The first-order valence-corrected chi connectivity index (χ1v) is 6.95. The lowest BCUT2D eigenvalue weighted by molar-refractivity contribution is 0.0969. The molecule has 0 radical (unpaired) electrons. The number of benzene rings is 1. The third kappa shape index (κ3) is 3.07. The number of ether oxygens (including phenoxy) is 1. The van der Waals surface area contributed by atoms with Crippen LogP contribution in [0.4, 0.5) is 0 Å². The second-order valence-corrected chi connectivity index (χ2v) is 7.38. The molecule has 1 aliphatic rings. The van der Waals surface area contributed by atoms with Gasteiger partial charge in [-0.15, -0.1) is 0 Å². The highest BCUT2D eigenvalue weighted by molar-refractivity contribution is 5.30. The first-order chi connectivity index (χ1) is 8.31. The van der Waals surface area contributed by atoms with Gasteiger partial charge in [0, 0.05) is 0 Å². The average Bonchev–Trinajstić information content (AvgIpc) is 2.25. The maximum Gasteiger partial charge on any atom is 0.118 e. The summed E-state index contributed by atoms with van der Waals surface area (Å²) in [5.74, 6) is 1.64. The van der Waals surface area contributed by atoms with Crippen LogP contribution < -0.4 is 4.74 Å². The molecule has 1 aromatic carbocycles. The van der Waals surface area contributed by atoms with Crippen LogP contribution in [0.3, 0.4) is 0 Å². The van der Waals surface area contributed by atoms with E-state index >= 15 is 0 Å². The molecule has 1 saturated carbocycles. The van der Waals surface area contributed by atoms with Crippen LogP contribution >= 0.6 is 0 Å². The number of methoxy groups -OCH3 is 1. The van der Waals surface area contributed by atoms with Crippen molar-refractivity contribution in [1.82, 2.24) is 0 Å². The van der Waals surface area contributed by atoms with Gasteiger partial charge in [-0.25, -0.2) is 0 Å². The Kier molecular flexibility index (Phi) is 3.44. The summed E-state index contributed by atoms with van der Waals surface area (Å²) < 4.78 is 5.24. The molecule has 2 rings (SSSR count). The van der Waals surface area contributed by atoms with Gasteiger partial charge in [-0.2, -0.15) is 0 Å². The Morgan fingerprint density at radius 1 is 0.944 bits per heavy atom. The van der Waals surface area contributed by atoms with Gasteiger partial charge < -0.3 is 4.74 Å². The van der Waals surface area contributed by atoms with Crippen molar-refractivity contribution in [3.63, 3.8) is 0 Å². The van der Waals surface area contributed by atoms with Gasteiger partial charge in [0.25, 0.3) is 0 Å². The summed E-state index contributed by atoms with van der Waals surface area (Å²) in [4.78, 5) is 0. The van der Waals surface area contributed by atoms with Crippen LogP contribution in [0.1, 0.15) is 58.4 Å². The van der Waals surface area contributed by atoms with Crippen LogP contribution in [0.15, 0.2) is 24.3 Å². The maximum atomic E-state index is 5.24. The Morgan fingerprint density at radius 2 is 1.44 bits per heavy atom. The highest BCUT2D eigenvalue weighted by Gasteiger charge is 2.38. The van der Waals surface area contributed by atoms with Crippen LogP contribution in [-0.2, 0) is 0 Å². The fourth-order valence-corrected chi connectivity index (χ4v) is 3.96. The number of rotatable bonds is 2. The van der Waals surface area contributed by atoms with Crippen molar-refractivity contribution in [2.75, 3.05) is 7.11 Å². The Balaban J connectivity index is 2.21. The standard InChI is InChI=1S/C17H26O/c1-16(2)10-14(11-17(3,4)12-16)13-6-8-15(18-5)9-7-13/h6-9,14H,10-12H2,1-5H3. The molecule has 0 saturated heterocycles. The molecular weight excluding hydrogens is 220 g/mol. The van der Waals surface area contributed by atoms with E-state index < -0.39 is 0 Å². The lowest BCUT2D eigenvalue weighted by Crippen LogP contribution is -2.32. The van der Waals surface area contributed by atoms with E-state index in [1.54, 1.807) is 7.11 Å². The van der Waals surface area contributed by atoms with Crippen molar-refractivity contribution in [1.29, 1.82) is 0 Å². The van der Waals surface area contributed by atoms with Crippen molar-refractivity contribution >= 4 is 0 Å². The van der Waals surface area contributed by atoms with E-state index in [1.807, 2.05) is 0 Å². The summed E-state index contributed by atoms with van der Waals surface area (Å²) in [7, 11) is 1.72. The molecular formula is C17H26O. The maximum absolute atomic E-state index is 5.24. The van der Waals surface area contributed by atoms with Gasteiger partial charge in [0.1, 0.15) is 5.75 Å². The average molecular weight is 246 g/mol. The number of hydrogen-bond acceptors (Lipinski definition) is 1. The van der Waals surface area contributed by atoms with Crippen LogP contribution in [0.5, 0.6) is 5.75 Å². The molecule has 18 heavy (non-hydrogen) atoms. The van der Waals surface area contributed by atoms with Crippen LogP contribution in [0.25, 0.3) is 0 Å². The van der Waals surface area contributed by atoms with E-state index in [9.17, 15) is 0 Å². The summed E-state index contributed by atoms with van der Waals surface area (Å²) in [5, 5.41) is 0. The SMILES string of the molecule is COc1ccc(C2CC(C)(C)CC(C)(C)C2)cc1. The molecule has 0 amide bonds. The zero-order valence-electron chi connectivity index (χ0n) is 12.4. The van der Waals surface area contributed by atoms with Crippen LogP contribution in [0.2, 0.25) is 0 Å². The van der Waals surface area contributed by atoms with E-state index in [2.05, 4.69) is 52.0 Å². The molecule has 1 heteroatoms. The predicted octanol–water partition coefficient (Wildman–Crippen LogP) is 5.02. The lowest BCUT2D eigenvalue weighted by Gasteiger charge is -2.45. The second-order valence-electron chi connectivity index (χ2n) is 7.38. The lowest BCUT2D eigenvalue weighted by atomic mass is 9.60. The first kappa shape index (κ1) is 13.5. The molecule has 0 atom stereocenters. The highest BCUT2D eigenvalue weighted by atomic mass is 16.5. The highest BCUT2D eigenvalue weighted by Crippen LogP contribution is 2.51. The molecule has 0 aromatic heterocycles. The molecule has 0 bridgehead atoms. The van der Waals surface area contributed by atoms with Gasteiger partial charge in [0.2, 0.25) is 0 Å². The summed E-state index contributed by atoms with van der Waals surface area (Å²) in [6.07, 6.45) is 3.91. The van der Waals surface area contributed by atoms with Gasteiger partial charge in [-0.1, -0.05) is 39.8 Å². The molecule has 1 aromatic rings. The fourth-order valence-electron chi connectivity index (χ4n) is 3.96. The monoisotopic (exact) mass is 246 g/mol. The molecule has 0 unspecified atom stereocenters. The summed E-state index contributed by atoms with van der Waals surface area (Å²) in [6.45, 7) is 9.63. The molecule has 0 spiro atoms. The Hall–Kier alpha value is -0.980. The van der Waals surface area contributed by atoms with Crippen molar-refractivity contribution in [3.8, 4) is 5.75 Å². The summed E-state index contributed by atoms with van der Waals surface area (Å²) in [5.41, 5.74) is 2.37. The van der Waals surface area contributed by atoms with Crippen LogP contribution in [0, 0.1) is 10.8 Å². The van der Waals surface area contributed by atoms with Gasteiger partial charge >= 0.3 is 0 Å². The minimum absolute atomic E-state index is 0.451. The minimum atomic E-state index is 0.451. The quantitative estimate of drug-likeness (QED) is 0.712. The third-order valence-electron chi connectivity index (χ3n) is 4.14. The van der Waals surface area contributed by atoms with Gasteiger partial charge in [0.05, 0.1) is 7.11 Å². The Morgan fingerprint density at radius 3 is 1.89 bits per heavy atom. The number of hydrogen-bond donors (Lipinski definition) is 0. The van der Waals surface area contributed by atoms with E-state index in [4.69, 9.17) is 4.74 Å². The molecule has 100 valence electrons. The Labute approximate surface area is 112 Å². The molecule has 1 fully saturated rings. The normalized spacial score (nSPS) is 22.7.